The van der Waals surface area contributed by atoms with E-state index in [9.17, 15) is 4.57 Å². The van der Waals surface area contributed by atoms with Gasteiger partial charge in [-0.2, -0.15) is 0 Å². The maximum atomic E-state index is 13.5. The highest BCUT2D eigenvalue weighted by molar-refractivity contribution is 8.24. The van der Waals surface area contributed by atoms with Gasteiger partial charge in [-0.1, -0.05) is 47.5 Å². The Kier molecular flexibility index (Phi) is 8.01. The first kappa shape index (κ1) is 20.1. The van der Waals surface area contributed by atoms with Gasteiger partial charge in [0.1, 0.15) is 0 Å². The summed E-state index contributed by atoms with van der Waals surface area (Å²) in [5.74, 6) is 0. The average Bonchev–Trinajstić information content (AvgIpc) is 2.48. The van der Waals surface area contributed by atoms with Crippen LogP contribution in [-0.2, 0) is 18.2 Å². The van der Waals surface area contributed by atoms with E-state index in [1.165, 1.54) is 0 Å². The second kappa shape index (κ2) is 8.77. The average molecular weight is 383 g/mol. The van der Waals surface area contributed by atoms with Gasteiger partial charge in [0.15, 0.2) is 0 Å². The summed E-state index contributed by atoms with van der Waals surface area (Å²) in [5, 5.41) is 0. The van der Waals surface area contributed by atoms with Crippen molar-refractivity contribution in [2.75, 3.05) is 13.2 Å². The van der Waals surface area contributed by atoms with Crippen molar-refractivity contribution in [3.8, 4) is 0 Å². The lowest BCUT2D eigenvalue weighted by atomic mass is 10.1. The fourth-order valence-electron chi connectivity index (χ4n) is 2.09. The number of hydrogen-bond acceptors (Lipinski definition) is 4. The monoisotopic (exact) mass is 382 g/mol. The Morgan fingerprint density at radius 1 is 1.18 bits per heavy atom. The molecule has 0 fully saturated rings. The van der Waals surface area contributed by atoms with Crippen LogP contribution in [0.4, 0.5) is 0 Å². The first-order valence-electron chi connectivity index (χ1n) is 6.97. The summed E-state index contributed by atoms with van der Waals surface area (Å²) in [6.45, 7) is 7.69. The molecule has 1 rings (SSSR count). The zero-order chi connectivity index (χ0) is 16.8. The van der Waals surface area contributed by atoms with E-state index in [1.54, 1.807) is 26.0 Å². The van der Waals surface area contributed by atoms with Crippen molar-refractivity contribution >= 4 is 40.9 Å². The highest BCUT2D eigenvalue weighted by atomic mass is 35.7. The third-order valence-corrected chi connectivity index (χ3v) is 8.02. The van der Waals surface area contributed by atoms with E-state index < -0.39 is 12.2 Å². The van der Waals surface area contributed by atoms with Gasteiger partial charge in [0.25, 0.3) is 0 Å². The molecule has 0 saturated carbocycles. The lowest BCUT2D eigenvalue weighted by Crippen LogP contribution is -2.24. The van der Waals surface area contributed by atoms with Crippen LogP contribution in [0.2, 0.25) is 0 Å². The minimum atomic E-state index is -3.69. The third-order valence-electron chi connectivity index (χ3n) is 2.96. The Hall–Kier alpha value is 0.0400. The van der Waals surface area contributed by atoms with Crippen LogP contribution in [0.25, 0.3) is 0 Å². The number of rotatable bonds is 8. The topological polar surface area (TPSA) is 35.5 Å². The maximum absolute atomic E-state index is 13.5. The molecule has 0 heterocycles. The number of alkyl halides is 1. The van der Waals surface area contributed by atoms with Gasteiger partial charge in [-0.3, -0.25) is 4.57 Å². The molecule has 22 heavy (non-hydrogen) atoms. The molecule has 0 amide bonds. The van der Waals surface area contributed by atoms with Crippen LogP contribution < -0.4 is 0 Å². The number of hydrogen-bond donors (Lipinski definition) is 0. The van der Waals surface area contributed by atoms with Gasteiger partial charge < -0.3 is 9.05 Å². The molecule has 1 aromatic rings. The van der Waals surface area contributed by atoms with Crippen LogP contribution in [0.1, 0.15) is 33.3 Å². The molecule has 3 nitrogen and oxygen atoms in total. The lowest BCUT2D eigenvalue weighted by Gasteiger charge is -2.35. The molecule has 0 N–H and O–H groups in total. The predicted molar refractivity (Wildman–Crippen MR) is 96.6 cm³/mol. The summed E-state index contributed by atoms with van der Waals surface area (Å²) >= 11 is 6.91. The molecular weight excluding hydrogens is 362 g/mol. The summed E-state index contributed by atoms with van der Waals surface area (Å²) in [5.41, 5.74) is 1.49. The molecule has 1 aromatic carbocycles. The first-order valence-corrected chi connectivity index (χ1v) is 10.5. The smallest absolute Gasteiger partial charge is 0.307 e. The fraction of sp³-hybridized carbons (Fsp3) is 0.467. The molecule has 0 aliphatic heterocycles. The van der Waals surface area contributed by atoms with Gasteiger partial charge in [0, 0.05) is 4.91 Å². The van der Waals surface area contributed by atoms with Crippen molar-refractivity contribution in [2.45, 2.75) is 32.3 Å². The Bertz CT molecular complexity index is 551. The molecule has 1 atom stereocenters. The summed E-state index contributed by atoms with van der Waals surface area (Å²) in [6, 6.07) is 9.12. The van der Waals surface area contributed by atoms with Crippen LogP contribution in [0.5, 0.6) is 0 Å². The summed E-state index contributed by atoms with van der Waals surface area (Å²) < 4.78 is 23.0. The van der Waals surface area contributed by atoms with E-state index >= 15 is 0 Å². The number of halogens is 2. The summed E-state index contributed by atoms with van der Waals surface area (Å²) in [6.07, 6.45) is 0. The Morgan fingerprint density at radius 2 is 1.68 bits per heavy atom. The van der Waals surface area contributed by atoms with E-state index in [0.29, 0.717) is 10.5 Å². The van der Waals surface area contributed by atoms with Gasteiger partial charge in [-0.05, 0) is 54.9 Å². The molecular formula is C15H21Cl2O3PS. The largest absolute Gasteiger partial charge is 0.360 e. The number of benzene rings is 1. The Labute approximate surface area is 146 Å². The molecule has 124 valence electrons. The molecule has 0 radical (unpaired) electrons. The fourth-order valence-corrected chi connectivity index (χ4v) is 6.80. The Balaban J connectivity index is 3.66. The molecule has 0 bridgehead atoms. The molecule has 0 aliphatic rings. The molecule has 0 saturated heterocycles. The minimum Gasteiger partial charge on any atom is -0.307 e. The number of allylic oxidation sites excluding steroid dienone is 2. The SMILES string of the molecule is CCOP(=O)(OCC)C(Cl)(C(SCl)=C(C)C)c1ccccc1. The van der Waals surface area contributed by atoms with Crippen molar-refractivity contribution in [1.82, 2.24) is 0 Å². The first-order chi connectivity index (χ1) is 10.4. The van der Waals surface area contributed by atoms with E-state index in [0.717, 1.165) is 16.5 Å². The summed E-state index contributed by atoms with van der Waals surface area (Å²) in [4.78, 5) is 0.562. The molecule has 1 unspecified atom stereocenters. The maximum Gasteiger partial charge on any atom is 0.360 e. The van der Waals surface area contributed by atoms with Gasteiger partial charge in [0.05, 0.1) is 13.2 Å². The van der Waals surface area contributed by atoms with Gasteiger partial charge >= 0.3 is 7.60 Å². The molecule has 7 heteroatoms. The Morgan fingerprint density at radius 3 is 2.05 bits per heavy atom. The quantitative estimate of drug-likeness (QED) is 0.378. The standard InChI is InChI=1S/C15H21Cl2O3PS/c1-5-19-21(18,20-6-2)15(16,14(22-17)12(3)4)13-10-8-7-9-11-13/h7-11H,5-6H2,1-4H3. The van der Waals surface area contributed by atoms with E-state index in [1.807, 2.05) is 32.0 Å². The van der Waals surface area contributed by atoms with Gasteiger partial charge in [-0.25, -0.2) is 0 Å². The van der Waals surface area contributed by atoms with Crippen molar-refractivity contribution in [2.24, 2.45) is 0 Å². The van der Waals surface area contributed by atoms with Crippen molar-refractivity contribution in [3.05, 3.63) is 46.4 Å². The van der Waals surface area contributed by atoms with Crippen molar-refractivity contribution < 1.29 is 13.6 Å². The second-order valence-corrected chi connectivity index (χ2v) is 8.77. The molecule has 0 spiro atoms. The lowest BCUT2D eigenvalue weighted by molar-refractivity contribution is 0.211. The third kappa shape index (κ3) is 3.92. The highest BCUT2D eigenvalue weighted by Gasteiger charge is 2.54. The van der Waals surface area contributed by atoms with Crippen molar-refractivity contribution in [3.63, 3.8) is 0 Å². The van der Waals surface area contributed by atoms with E-state index in [4.69, 9.17) is 31.3 Å². The molecule has 0 aromatic heterocycles. The summed E-state index contributed by atoms with van der Waals surface area (Å²) in [7, 11) is 3.30. The van der Waals surface area contributed by atoms with Crippen LogP contribution in [0.15, 0.2) is 40.8 Å². The highest BCUT2D eigenvalue weighted by Crippen LogP contribution is 2.72. The van der Waals surface area contributed by atoms with Crippen LogP contribution in [0.3, 0.4) is 0 Å². The van der Waals surface area contributed by atoms with E-state index in [-0.39, 0.29) is 13.2 Å². The predicted octanol–water partition coefficient (Wildman–Crippen LogP) is 6.53. The molecule has 0 aliphatic carbocycles. The van der Waals surface area contributed by atoms with Crippen LogP contribution in [-0.4, -0.2) is 13.2 Å². The van der Waals surface area contributed by atoms with E-state index in [2.05, 4.69) is 0 Å². The van der Waals surface area contributed by atoms with Crippen molar-refractivity contribution in [1.29, 1.82) is 0 Å². The second-order valence-electron chi connectivity index (χ2n) is 4.73. The minimum absolute atomic E-state index is 0.224. The van der Waals surface area contributed by atoms with Gasteiger partial charge in [0.2, 0.25) is 4.62 Å². The van der Waals surface area contributed by atoms with Crippen LogP contribution in [0, 0.1) is 0 Å². The van der Waals surface area contributed by atoms with Gasteiger partial charge in [-0.15, -0.1) is 0 Å². The zero-order valence-corrected chi connectivity index (χ0v) is 16.4. The normalized spacial score (nSPS) is 14.5. The van der Waals surface area contributed by atoms with Crippen LogP contribution >= 0.6 is 40.9 Å². The zero-order valence-electron chi connectivity index (χ0n) is 13.1.